The number of likely N-dealkylation sites (tertiary alicyclic amines) is 1. The lowest BCUT2D eigenvalue weighted by Gasteiger charge is -2.43. The molecule has 7 heteroatoms. The van der Waals surface area contributed by atoms with Crippen LogP contribution in [0.1, 0.15) is 24.5 Å². The number of carbonyl (C=O) groups is 1. The first-order valence-corrected chi connectivity index (χ1v) is 10.1. The van der Waals surface area contributed by atoms with Crippen LogP contribution in [0.4, 0.5) is 0 Å². The van der Waals surface area contributed by atoms with Gasteiger partial charge in [0.05, 0.1) is 0 Å². The summed E-state index contributed by atoms with van der Waals surface area (Å²) in [6, 6.07) is 13.9. The van der Waals surface area contributed by atoms with Crippen LogP contribution in [0.5, 0.6) is 0 Å². The minimum atomic E-state index is 0.0587. The number of hydrogen-bond acceptors (Lipinski definition) is 4. The van der Waals surface area contributed by atoms with Crippen LogP contribution < -0.4 is 5.56 Å². The number of aromatic nitrogens is 4. The third-order valence-electron chi connectivity index (χ3n) is 6.07. The SMILES string of the molecule is O=C(CCn1cnnc1)N1C[C@@H]2C[C@H](C1)c1cc(-c3ccccc3)cc(=O)n1C2. The highest BCUT2D eigenvalue weighted by Gasteiger charge is 2.36. The van der Waals surface area contributed by atoms with Crippen molar-refractivity contribution in [2.24, 2.45) is 5.92 Å². The molecule has 5 rings (SSSR count). The molecule has 0 N–H and O–H groups in total. The molecule has 0 radical (unpaired) electrons. The zero-order chi connectivity index (χ0) is 19.8. The number of benzene rings is 1. The molecular formula is C22H23N5O2. The van der Waals surface area contributed by atoms with Gasteiger partial charge in [0.2, 0.25) is 5.91 Å². The Morgan fingerprint density at radius 2 is 1.79 bits per heavy atom. The highest BCUT2D eigenvalue weighted by Crippen LogP contribution is 2.36. The van der Waals surface area contributed by atoms with Crippen LogP contribution >= 0.6 is 0 Å². The van der Waals surface area contributed by atoms with Crippen molar-refractivity contribution < 1.29 is 4.79 Å². The quantitative estimate of drug-likeness (QED) is 0.685. The van der Waals surface area contributed by atoms with Gasteiger partial charge in [-0.2, -0.15) is 0 Å². The maximum atomic E-state index is 12.8. The molecule has 1 fully saturated rings. The molecule has 2 aliphatic rings. The predicted octanol–water partition coefficient (Wildman–Crippen LogP) is 2.14. The van der Waals surface area contributed by atoms with E-state index in [2.05, 4.69) is 16.3 Å². The van der Waals surface area contributed by atoms with Gasteiger partial charge in [-0.3, -0.25) is 9.59 Å². The fraction of sp³-hybridized carbons (Fsp3) is 0.364. The highest BCUT2D eigenvalue weighted by atomic mass is 16.2. The van der Waals surface area contributed by atoms with Gasteiger partial charge in [0.25, 0.3) is 5.56 Å². The molecule has 7 nitrogen and oxygen atoms in total. The summed E-state index contributed by atoms with van der Waals surface area (Å²) in [6.45, 7) is 2.68. The Morgan fingerprint density at radius 1 is 1.00 bits per heavy atom. The molecule has 4 heterocycles. The molecule has 1 amide bonds. The molecule has 0 spiro atoms. The fourth-order valence-electron chi connectivity index (χ4n) is 4.68. The van der Waals surface area contributed by atoms with Crippen molar-refractivity contribution in [1.29, 1.82) is 0 Å². The van der Waals surface area contributed by atoms with Crippen LogP contribution in [0.15, 0.2) is 59.9 Å². The van der Waals surface area contributed by atoms with Gasteiger partial charge in [-0.25, -0.2) is 0 Å². The lowest BCUT2D eigenvalue weighted by molar-refractivity contribution is -0.134. The van der Waals surface area contributed by atoms with Crippen LogP contribution in [-0.4, -0.2) is 43.2 Å². The van der Waals surface area contributed by atoms with E-state index in [0.29, 0.717) is 32.0 Å². The Labute approximate surface area is 168 Å². The minimum Gasteiger partial charge on any atom is -0.342 e. The maximum Gasteiger partial charge on any atom is 0.251 e. The Hall–Kier alpha value is -3.22. The van der Waals surface area contributed by atoms with Gasteiger partial charge < -0.3 is 14.0 Å². The molecule has 0 unspecified atom stereocenters. The molecule has 0 saturated carbocycles. The summed E-state index contributed by atoms with van der Waals surface area (Å²) >= 11 is 0. The smallest absolute Gasteiger partial charge is 0.251 e. The Kier molecular flexibility index (Phi) is 4.50. The normalized spacial score (nSPS) is 20.3. The van der Waals surface area contributed by atoms with E-state index in [9.17, 15) is 9.59 Å². The van der Waals surface area contributed by atoms with Crippen molar-refractivity contribution in [2.45, 2.75) is 31.8 Å². The number of carbonyl (C=O) groups excluding carboxylic acids is 1. The van der Waals surface area contributed by atoms with E-state index >= 15 is 0 Å². The van der Waals surface area contributed by atoms with Crippen LogP contribution in [0.3, 0.4) is 0 Å². The fourth-order valence-corrected chi connectivity index (χ4v) is 4.68. The molecular weight excluding hydrogens is 366 g/mol. The zero-order valence-electron chi connectivity index (χ0n) is 16.1. The molecule has 1 aromatic carbocycles. The lowest BCUT2D eigenvalue weighted by Crippen LogP contribution is -2.49. The number of nitrogens with zero attached hydrogens (tertiary/aromatic N) is 5. The van der Waals surface area contributed by atoms with Crippen LogP contribution in [-0.2, 0) is 17.9 Å². The van der Waals surface area contributed by atoms with Gasteiger partial charge in [-0.15, -0.1) is 10.2 Å². The Bertz CT molecular complexity index is 1070. The molecule has 2 aromatic heterocycles. The molecule has 2 atom stereocenters. The van der Waals surface area contributed by atoms with E-state index in [-0.39, 0.29) is 17.4 Å². The summed E-state index contributed by atoms with van der Waals surface area (Å²) in [6.07, 6.45) is 4.74. The molecule has 148 valence electrons. The standard InChI is InChI=1S/C22H23N5O2/c28-21(6-7-25-14-23-24-15-25)26-11-16-8-19(13-26)20-9-18(10-22(29)27(20)12-16)17-4-2-1-3-5-17/h1-5,9-10,14-16,19H,6-8,11-13H2/t16-,19+/m0/s1. The Balaban J connectivity index is 1.38. The van der Waals surface area contributed by atoms with Crippen LogP contribution in [0.2, 0.25) is 0 Å². The zero-order valence-corrected chi connectivity index (χ0v) is 16.1. The second kappa shape index (κ2) is 7.31. The predicted molar refractivity (Wildman–Crippen MR) is 108 cm³/mol. The summed E-state index contributed by atoms with van der Waals surface area (Å²) in [5, 5.41) is 7.56. The first-order chi connectivity index (χ1) is 14.2. The van der Waals surface area contributed by atoms with Crippen molar-refractivity contribution in [3.05, 3.63) is 71.2 Å². The second-order valence-corrected chi connectivity index (χ2v) is 8.03. The molecule has 1 saturated heterocycles. The first kappa shape index (κ1) is 17.8. The second-order valence-electron chi connectivity index (χ2n) is 8.03. The summed E-state index contributed by atoms with van der Waals surface area (Å²) in [5.41, 5.74) is 3.12. The first-order valence-electron chi connectivity index (χ1n) is 10.1. The number of rotatable bonds is 4. The van der Waals surface area contributed by atoms with E-state index in [1.807, 2.05) is 44.4 Å². The third kappa shape index (κ3) is 3.48. The van der Waals surface area contributed by atoms with Gasteiger partial charge in [0.1, 0.15) is 12.7 Å². The van der Waals surface area contributed by atoms with E-state index < -0.39 is 0 Å². The molecule has 2 aliphatic heterocycles. The summed E-state index contributed by atoms with van der Waals surface area (Å²) in [4.78, 5) is 27.6. The average Bonchev–Trinajstić information content (AvgIpc) is 3.27. The average molecular weight is 389 g/mol. The van der Waals surface area contributed by atoms with Crippen LogP contribution in [0.25, 0.3) is 11.1 Å². The van der Waals surface area contributed by atoms with Crippen molar-refractivity contribution in [2.75, 3.05) is 13.1 Å². The van der Waals surface area contributed by atoms with E-state index in [1.165, 1.54) is 0 Å². The van der Waals surface area contributed by atoms with E-state index in [0.717, 1.165) is 29.8 Å². The number of amides is 1. The van der Waals surface area contributed by atoms with E-state index in [4.69, 9.17) is 0 Å². The van der Waals surface area contributed by atoms with E-state index in [1.54, 1.807) is 18.7 Å². The molecule has 3 aromatic rings. The number of piperidine rings is 1. The molecule has 29 heavy (non-hydrogen) atoms. The third-order valence-corrected chi connectivity index (χ3v) is 6.07. The van der Waals surface area contributed by atoms with Crippen molar-refractivity contribution in [3.63, 3.8) is 0 Å². The topological polar surface area (TPSA) is 73.0 Å². The van der Waals surface area contributed by atoms with Crippen molar-refractivity contribution >= 4 is 5.91 Å². The summed E-state index contributed by atoms with van der Waals surface area (Å²) in [7, 11) is 0. The molecule has 0 aliphatic carbocycles. The van der Waals surface area contributed by atoms with Crippen LogP contribution in [0, 0.1) is 5.92 Å². The van der Waals surface area contributed by atoms with Gasteiger partial charge >= 0.3 is 0 Å². The summed E-state index contributed by atoms with van der Waals surface area (Å²) in [5.74, 6) is 0.696. The van der Waals surface area contributed by atoms with Gasteiger partial charge in [-0.1, -0.05) is 30.3 Å². The monoisotopic (exact) mass is 389 g/mol. The van der Waals surface area contributed by atoms with Crippen molar-refractivity contribution in [1.82, 2.24) is 24.2 Å². The number of pyridine rings is 1. The molecule has 2 bridgehead atoms. The largest absolute Gasteiger partial charge is 0.342 e. The maximum absolute atomic E-state index is 12.8. The summed E-state index contributed by atoms with van der Waals surface area (Å²) < 4.78 is 3.74. The lowest BCUT2D eigenvalue weighted by atomic mass is 9.82. The number of hydrogen-bond donors (Lipinski definition) is 0. The van der Waals surface area contributed by atoms with Gasteiger partial charge in [0.15, 0.2) is 0 Å². The van der Waals surface area contributed by atoms with Crippen molar-refractivity contribution in [3.8, 4) is 11.1 Å². The number of aryl methyl sites for hydroxylation is 1. The van der Waals surface area contributed by atoms with Gasteiger partial charge in [-0.05, 0) is 29.5 Å². The Morgan fingerprint density at radius 3 is 2.59 bits per heavy atom. The highest BCUT2D eigenvalue weighted by molar-refractivity contribution is 5.76. The number of fused-ring (bicyclic) bond motifs is 4. The van der Waals surface area contributed by atoms with Gasteiger partial charge in [0, 0.05) is 50.3 Å². The minimum absolute atomic E-state index is 0.0587.